The van der Waals surface area contributed by atoms with Crippen LogP contribution in [0.25, 0.3) is 6.08 Å². The molecule has 1 aromatic carbocycles. The van der Waals surface area contributed by atoms with Crippen LogP contribution in [0, 0.1) is 0 Å². The summed E-state index contributed by atoms with van der Waals surface area (Å²) in [6.45, 7) is 0. The van der Waals surface area contributed by atoms with Crippen LogP contribution in [0.2, 0.25) is 0 Å². The number of hydrogen-bond donors (Lipinski definition) is 0. The zero-order valence-electron chi connectivity index (χ0n) is 8.57. The molecule has 1 aromatic rings. The third-order valence-electron chi connectivity index (χ3n) is 1.97. The van der Waals surface area contributed by atoms with E-state index in [0.717, 1.165) is 23.6 Å². The third-order valence-corrected chi connectivity index (χ3v) is 2.43. The average molecular weight is 269 g/mol. The quantitative estimate of drug-likeness (QED) is 0.605. The van der Waals surface area contributed by atoms with Gasteiger partial charge in [0.25, 0.3) is 0 Å². The number of aldehydes is 1. The maximum atomic E-state index is 10.7. The maximum Gasteiger partial charge on any atom is 0.153 e. The van der Waals surface area contributed by atoms with Crippen LogP contribution in [0.3, 0.4) is 0 Å². The summed E-state index contributed by atoms with van der Waals surface area (Å²) in [5.41, 5.74) is 1.62. The van der Waals surface area contributed by atoms with Crippen LogP contribution < -0.4 is 4.74 Å². The first-order valence-corrected chi connectivity index (χ1v) is 5.79. The first-order chi connectivity index (χ1) is 7.31. The van der Waals surface area contributed by atoms with E-state index in [0.29, 0.717) is 11.3 Å². The molecule has 0 saturated heterocycles. The summed E-state index contributed by atoms with van der Waals surface area (Å²) < 4.78 is 5.11. The van der Waals surface area contributed by atoms with Gasteiger partial charge in [0.15, 0.2) is 6.29 Å². The molecule has 0 spiro atoms. The Balaban J connectivity index is 2.88. The highest BCUT2D eigenvalue weighted by atomic mass is 79.9. The van der Waals surface area contributed by atoms with Crippen molar-refractivity contribution in [1.29, 1.82) is 0 Å². The van der Waals surface area contributed by atoms with Crippen LogP contribution in [-0.2, 0) is 0 Å². The van der Waals surface area contributed by atoms with Crippen LogP contribution in [0.1, 0.15) is 22.3 Å². The molecule has 0 radical (unpaired) electrons. The van der Waals surface area contributed by atoms with Crippen molar-refractivity contribution in [3.8, 4) is 5.75 Å². The Labute approximate surface area is 98.1 Å². The molecule has 80 valence electrons. The lowest BCUT2D eigenvalue weighted by Gasteiger charge is -2.03. The molecule has 0 bridgehead atoms. The van der Waals surface area contributed by atoms with Gasteiger partial charge in [-0.25, -0.2) is 0 Å². The number of hydrogen-bond acceptors (Lipinski definition) is 2. The number of carbonyl (C=O) groups excluding carboxylic acids is 1. The van der Waals surface area contributed by atoms with E-state index in [1.165, 1.54) is 0 Å². The lowest BCUT2D eigenvalue weighted by atomic mass is 10.1. The molecule has 0 aliphatic carbocycles. The van der Waals surface area contributed by atoms with Crippen LogP contribution >= 0.6 is 15.9 Å². The number of rotatable bonds is 5. The molecule has 0 N–H and O–H groups in total. The maximum absolute atomic E-state index is 10.7. The third kappa shape index (κ3) is 3.51. The molecule has 15 heavy (non-hydrogen) atoms. The van der Waals surface area contributed by atoms with Crippen LogP contribution in [0.4, 0.5) is 0 Å². The van der Waals surface area contributed by atoms with Crippen molar-refractivity contribution >= 4 is 28.3 Å². The predicted molar refractivity (Wildman–Crippen MR) is 65.8 cm³/mol. The molecule has 0 heterocycles. The van der Waals surface area contributed by atoms with Crippen molar-refractivity contribution in [2.24, 2.45) is 0 Å². The summed E-state index contributed by atoms with van der Waals surface area (Å²) in [5, 5.41) is 0.951. The van der Waals surface area contributed by atoms with E-state index in [-0.39, 0.29) is 0 Å². The van der Waals surface area contributed by atoms with Gasteiger partial charge in [-0.15, -0.1) is 0 Å². The van der Waals surface area contributed by atoms with E-state index >= 15 is 0 Å². The second-order valence-corrected chi connectivity index (χ2v) is 3.79. The molecular formula is C12H13BrO2. The van der Waals surface area contributed by atoms with Gasteiger partial charge in [0.05, 0.1) is 12.7 Å². The minimum Gasteiger partial charge on any atom is -0.496 e. The van der Waals surface area contributed by atoms with E-state index in [4.69, 9.17) is 4.74 Å². The molecular weight excluding hydrogens is 256 g/mol. The Morgan fingerprint density at radius 3 is 2.87 bits per heavy atom. The van der Waals surface area contributed by atoms with E-state index in [1.807, 2.05) is 18.2 Å². The lowest BCUT2D eigenvalue weighted by molar-refractivity contribution is 0.112. The fraction of sp³-hybridized carbons (Fsp3) is 0.250. The summed E-state index contributed by atoms with van der Waals surface area (Å²) in [7, 11) is 1.56. The van der Waals surface area contributed by atoms with Crippen molar-refractivity contribution in [2.45, 2.75) is 6.42 Å². The zero-order valence-corrected chi connectivity index (χ0v) is 10.2. The SMILES string of the molecule is COc1cc(C=CCCBr)ccc1C=O. The van der Waals surface area contributed by atoms with Gasteiger partial charge in [0.1, 0.15) is 5.75 Å². The van der Waals surface area contributed by atoms with Crippen LogP contribution in [0.5, 0.6) is 5.75 Å². The molecule has 2 nitrogen and oxygen atoms in total. The minimum atomic E-state index is 0.579. The zero-order chi connectivity index (χ0) is 11.1. The van der Waals surface area contributed by atoms with Crippen molar-refractivity contribution in [1.82, 2.24) is 0 Å². The molecule has 0 atom stereocenters. The first kappa shape index (κ1) is 12.0. The molecule has 0 fully saturated rings. The van der Waals surface area contributed by atoms with Crippen LogP contribution in [-0.4, -0.2) is 18.7 Å². The number of ether oxygens (including phenoxy) is 1. The summed E-state index contributed by atoms with van der Waals surface area (Å²) in [5.74, 6) is 0.617. The van der Waals surface area contributed by atoms with E-state index < -0.39 is 0 Å². The number of allylic oxidation sites excluding steroid dienone is 1. The van der Waals surface area contributed by atoms with Crippen molar-refractivity contribution < 1.29 is 9.53 Å². The molecule has 1 rings (SSSR count). The molecule has 0 amide bonds. The molecule has 3 heteroatoms. The van der Waals surface area contributed by atoms with Gasteiger partial charge in [-0.05, 0) is 24.1 Å². The highest BCUT2D eigenvalue weighted by Crippen LogP contribution is 2.19. The predicted octanol–water partition coefficient (Wildman–Crippen LogP) is 3.31. The number of benzene rings is 1. The van der Waals surface area contributed by atoms with Gasteiger partial charge in [-0.2, -0.15) is 0 Å². The Morgan fingerprint density at radius 2 is 2.27 bits per heavy atom. The number of halogens is 1. The van der Waals surface area contributed by atoms with Crippen LogP contribution in [0.15, 0.2) is 24.3 Å². The monoisotopic (exact) mass is 268 g/mol. The second kappa shape index (κ2) is 6.40. The van der Waals surface area contributed by atoms with Gasteiger partial charge in [-0.3, -0.25) is 4.79 Å². The lowest BCUT2D eigenvalue weighted by Crippen LogP contribution is -1.90. The summed E-state index contributed by atoms with van der Waals surface area (Å²) >= 11 is 3.35. The Morgan fingerprint density at radius 1 is 1.47 bits per heavy atom. The topological polar surface area (TPSA) is 26.3 Å². The van der Waals surface area contributed by atoms with Gasteiger partial charge in [0, 0.05) is 5.33 Å². The Kier molecular flexibility index (Phi) is 5.12. The smallest absolute Gasteiger partial charge is 0.153 e. The fourth-order valence-corrected chi connectivity index (χ4v) is 1.48. The van der Waals surface area contributed by atoms with Gasteiger partial charge in [0.2, 0.25) is 0 Å². The number of methoxy groups -OCH3 is 1. The van der Waals surface area contributed by atoms with E-state index in [9.17, 15) is 4.79 Å². The van der Waals surface area contributed by atoms with Crippen molar-refractivity contribution in [2.75, 3.05) is 12.4 Å². The largest absolute Gasteiger partial charge is 0.496 e. The summed E-state index contributed by atoms with van der Waals surface area (Å²) in [4.78, 5) is 10.7. The standard InChI is InChI=1S/C12H13BrO2/c1-15-12-8-10(4-2-3-7-13)5-6-11(12)9-14/h2,4-6,8-9H,3,7H2,1H3. The molecule has 0 saturated carbocycles. The van der Waals surface area contributed by atoms with Crippen molar-refractivity contribution in [3.63, 3.8) is 0 Å². The summed E-state index contributed by atoms with van der Waals surface area (Å²) in [6.07, 6.45) is 5.87. The fourth-order valence-electron chi connectivity index (χ4n) is 1.21. The molecule has 0 aromatic heterocycles. The van der Waals surface area contributed by atoms with E-state index in [2.05, 4.69) is 22.0 Å². The van der Waals surface area contributed by atoms with Gasteiger partial charge >= 0.3 is 0 Å². The second-order valence-electron chi connectivity index (χ2n) is 3.00. The molecule has 0 aliphatic heterocycles. The average Bonchev–Trinajstić information content (AvgIpc) is 2.29. The van der Waals surface area contributed by atoms with Gasteiger partial charge in [-0.1, -0.05) is 34.1 Å². The van der Waals surface area contributed by atoms with Crippen molar-refractivity contribution in [3.05, 3.63) is 35.4 Å². The first-order valence-electron chi connectivity index (χ1n) is 4.67. The number of alkyl halides is 1. The normalized spacial score (nSPS) is 10.5. The highest BCUT2D eigenvalue weighted by molar-refractivity contribution is 9.09. The molecule has 0 aliphatic rings. The Hall–Kier alpha value is -1.09. The highest BCUT2D eigenvalue weighted by Gasteiger charge is 2.00. The number of carbonyl (C=O) groups is 1. The van der Waals surface area contributed by atoms with Gasteiger partial charge < -0.3 is 4.74 Å². The minimum absolute atomic E-state index is 0.579. The Bertz CT molecular complexity index is 359. The summed E-state index contributed by atoms with van der Waals surface area (Å²) in [6, 6.07) is 5.52. The van der Waals surface area contributed by atoms with E-state index in [1.54, 1.807) is 13.2 Å². The molecule has 0 unspecified atom stereocenters.